The number of nitrogens with zero attached hydrogens (tertiary/aromatic N) is 2. The molecular weight excluding hydrogens is 242 g/mol. The number of ether oxygens (including phenoxy) is 1. The Morgan fingerprint density at radius 1 is 1.53 bits per heavy atom. The lowest BCUT2D eigenvalue weighted by Gasteiger charge is -2.21. The molecule has 1 atom stereocenters. The standard InChI is InChI=1S/C11H14ClN3O2/c12-10-9(13-3-4-14-10)6-15-11(16)8-2-1-5-17-7-8/h3-4,8H,1-2,5-7H2,(H,15,16). The van der Waals surface area contributed by atoms with Crippen LogP contribution in [0.1, 0.15) is 18.5 Å². The fraction of sp³-hybridized carbons (Fsp3) is 0.545. The number of carbonyl (C=O) groups excluding carboxylic acids is 1. The topological polar surface area (TPSA) is 64.1 Å². The molecule has 0 bridgehead atoms. The van der Waals surface area contributed by atoms with Gasteiger partial charge >= 0.3 is 0 Å². The molecule has 1 saturated heterocycles. The third kappa shape index (κ3) is 3.38. The van der Waals surface area contributed by atoms with Gasteiger partial charge in [-0.05, 0) is 12.8 Å². The molecule has 0 spiro atoms. The monoisotopic (exact) mass is 255 g/mol. The van der Waals surface area contributed by atoms with E-state index in [4.69, 9.17) is 16.3 Å². The zero-order valence-electron chi connectivity index (χ0n) is 9.36. The van der Waals surface area contributed by atoms with Crippen molar-refractivity contribution in [3.63, 3.8) is 0 Å². The van der Waals surface area contributed by atoms with Gasteiger partial charge in [-0.15, -0.1) is 0 Å². The molecule has 0 aliphatic carbocycles. The van der Waals surface area contributed by atoms with Gasteiger partial charge in [0.05, 0.1) is 24.8 Å². The summed E-state index contributed by atoms with van der Waals surface area (Å²) in [5.41, 5.74) is 0.583. The van der Waals surface area contributed by atoms with Crippen molar-refractivity contribution in [2.45, 2.75) is 19.4 Å². The summed E-state index contributed by atoms with van der Waals surface area (Å²) in [6, 6.07) is 0. The van der Waals surface area contributed by atoms with Crippen LogP contribution in [0.5, 0.6) is 0 Å². The third-order valence-electron chi connectivity index (χ3n) is 2.68. The number of carbonyl (C=O) groups is 1. The molecule has 1 amide bonds. The maximum Gasteiger partial charge on any atom is 0.225 e. The van der Waals surface area contributed by atoms with Crippen molar-refractivity contribution in [2.24, 2.45) is 5.92 Å². The predicted molar refractivity (Wildman–Crippen MR) is 62.4 cm³/mol. The number of nitrogens with one attached hydrogen (secondary N) is 1. The molecule has 5 nitrogen and oxygen atoms in total. The molecule has 1 aliphatic heterocycles. The summed E-state index contributed by atoms with van der Waals surface area (Å²) in [5, 5.41) is 3.13. The molecule has 0 radical (unpaired) electrons. The van der Waals surface area contributed by atoms with Crippen LogP contribution in [0, 0.1) is 5.92 Å². The molecule has 1 N–H and O–H groups in total. The first-order chi connectivity index (χ1) is 8.27. The second-order valence-electron chi connectivity index (χ2n) is 3.93. The van der Waals surface area contributed by atoms with E-state index in [0.29, 0.717) is 24.0 Å². The highest BCUT2D eigenvalue weighted by Gasteiger charge is 2.21. The van der Waals surface area contributed by atoms with Gasteiger partial charge in [-0.1, -0.05) is 11.6 Å². The van der Waals surface area contributed by atoms with Gasteiger partial charge in [-0.25, -0.2) is 4.98 Å². The quantitative estimate of drug-likeness (QED) is 0.881. The molecule has 1 unspecified atom stereocenters. The second kappa shape index (κ2) is 5.93. The van der Waals surface area contributed by atoms with Crippen LogP contribution in [0.2, 0.25) is 5.15 Å². The smallest absolute Gasteiger partial charge is 0.225 e. The zero-order valence-corrected chi connectivity index (χ0v) is 10.1. The molecular formula is C11H14ClN3O2. The molecule has 1 fully saturated rings. The van der Waals surface area contributed by atoms with Gasteiger partial charge in [0.25, 0.3) is 0 Å². The van der Waals surface area contributed by atoms with E-state index in [-0.39, 0.29) is 11.8 Å². The number of amides is 1. The van der Waals surface area contributed by atoms with Crippen molar-refractivity contribution in [1.29, 1.82) is 0 Å². The first-order valence-corrected chi connectivity index (χ1v) is 5.96. The Hall–Kier alpha value is -1.20. The minimum absolute atomic E-state index is 0.00794. The SMILES string of the molecule is O=C(NCc1nccnc1Cl)C1CCCOC1. The van der Waals surface area contributed by atoms with Crippen molar-refractivity contribution in [2.75, 3.05) is 13.2 Å². The van der Waals surface area contributed by atoms with Crippen LogP contribution in [0.15, 0.2) is 12.4 Å². The summed E-state index contributed by atoms with van der Waals surface area (Å²) in [4.78, 5) is 19.8. The molecule has 2 rings (SSSR count). The van der Waals surface area contributed by atoms with Crippen LogP contribution in [-0.2, 0) is 16.1 Å². The van der Waals surface area contributed by atoms with Crippen molar-refractivity contribution < 1.29 is 9.53 Å². The lowest BCUT2D eigenvalue weighted by atomic mass is 10.0. The number of rotatable bonds is 3. The van der Waals surface area contributed by atoms with Crippen molar-refractivity contribution in [3.8, 4) is 0 Å². The highest BCUT2D eigenvalue weighted by atomic mass is 35.5. The van der Waals surface area contributed by atoms with E-state index < -0.39 is 0 Å². The lowest BCUT2D eigenvalue weighted by Crippen LogP contribution is -2.35. The summed E-state index contributed by atoms with van der Waals surface area (Å²) >= 11 is 5.84. The van der Waals surface area contributed by atoms with E-state index in [0.717, 1.165) is 19.4 Å². The maximum atomic E-state index is 11.8. The normalized spacial score (nSPS) is 19.9. The molecule has 2 heterocycles. The van der Waals surface area contributed by atoms with Crippen LogP contribution in [0.25, 0.3) is 0 Å². The summed E-state index contributed by atoms with van der Waals surface area (Å²) in [6.07, 6.45) is 4.88. The Bertz CT molecular complexity index is 394. The van der Waals surface area contributed by atoms with Gasteiger partial charge < -0.3 is 10.1 Å². The average Bonchev–Trinajstić information content (AvgIpc) is 2.38. The van der Waals surface area contributed by atoms with Gasteiger partial charge in [-0.2, -0.15) is 0 Å². The van der Waals surface area contributed by atoms with Crippen molar-refractivity contribution in [1.82, 2.24) is 15.3 Å². The van der Waals surface area contributed by atoms with Gasteiger partial charge in [0.2, 0.25) is 5.91 Å². The fourth-order valence-electron chi connectivity index (χ4n) is 1.73. The molecule has 92 valence electrons. The molecule has 17 heavy (non-hydrogen) atoms. The van der Waals surface area contributed by atoms with Crippen LogP contribution in [0.3, 0.4) is 0 Å². The maximum absolute atomic E-state index is 11.8. The molecule has 1 aliphatic rings. The number of aromatic nitrogens is 2. The second-order valence-corrected chi connectivity index (χ2v) is 4.28. The molecule has 1 aromatic heterocycles. The number of halogens is 1. The van der Waals surface area contributed by atoms with E-state index >= 15 is 0 Å². The van der Waals surface area contributed by atoms with Gasteiger partial charge in [0, 0.05) is 19.0 Å². The Labute approximate surface area is 105 Å². The van der Waals surface area contributed by atoms with E-state index in [1.165, 1.54) is 6.20 Å². The molecule has 0 aromatic carbocycles. The van der Waals surface area contributed by atoms with Crippen molar-refractivity contribution >= 4 is 17.5 Å². The Morgan fingerprint density at radius 2 is 2.35 bits per heavy atom. The first kappa shape index (κ1) is 12.3. The highest BCUT2D eigenvalue weighted by molar-refractivity contribution is 6.29. The van der Waals surface area contributed by atoms with Crippen LogP contribution < -0.4 is 5.32 Å². The summed E-state index contributed by atoms with van der Waals surface area (Å²) in [7, 11) is 0. The fourth-order valence-corrected chi connectivity index (χ4v) is 1.90. The highest BCUT2D eigenvalue weighted by Crippen LogP contribution is 2.14. The van der Waals surface area contributed by atoms with E-state index in [1.54, 1.807) is 6.20 Å². The van der Waals surface area contributed by atoms with Gasteiger partial charge in [0.15, 0.2) is 5.15 Å². The van der Waals surface area contributed by atoms with Crippen LogP contribution in [-0.4, -0.2) is 29.1 Å². The summed E-state index contributed by atoms with van der Waals surface area (Å²) in [5.74, 6) is -0.0642. The number of hydrogen-bond donors (Lipinski definition) is 1. The Morgan fingerprint density at radius 3 is 3.06 bits per heavy atom. The van der Waals surface area contributed by atoms with Crippen LogP contribution in [0.4, 0.5) is 0 Å². The largest absolute Gasteiger partial charge is 0.381 e. The van der Waals surface area contributed by atoms with E-state index in [2.05, 4.69) is 15.3 Å². The third-order valence-corrected chi connectivity index (χ3v) is 3.00. The van der Waals surface area contributed by atoms with E-state index in [9.17, 15) is 4.79 Å². The minimum Gasteiger partial charge on any atom is -0.381 e. The molecule has 0 saturated carbocycles. The first-order valence-electron chi connectivity index (χ1n) is 5.58. The minimum atomic E-state index is -0.0563. The Kier molecular flexibility index (Phi) is 4.28. The molecule has 1 aromatic rings. The summed E-state index contributed by atoms with van der Waals surface area (Å²) < 4.78 is 5.26. The number of hydrogen-bond acceptors (Lipinski definition) is 4. The lowest BCUT2D eigenvalue weighted by molar-refractivity contribution is -0.129. The van der Waals surface area contributed by atoms with Crippen molar-refractivity contribution in [3.05, 3.63) is 23.2 Å². The average molecular weight is 256 g/mol. The van der Waals surface area contributed by atoms with Crippen LogP contribution >= 0.6 is 11.6 Å². The predicted octanol–water partition coefficient (Wildman–Crippen LogP) is 1.17. The zero-order chi connectivity index (χ0) is 12.1. The summed E-state index contributed by atoms with van der Waals surface area (Å²) in [6.45, 7) is 1.56. The Balaban J connectivity index is 1.85. The van der Waals surface area contributed by atoms with Gasteiger partial charge in [-0.3, -0.25) is 9.78 Å². The van der Waals surface area contributed by atoms with E-state index in [1.807, 2.05) is 0 Å². The molecule has 6 heteroatoms. The van der Waals surface area contributed by atoms with Gasteiger partial charge in [0.1, 0.15) is 0 Å².